The monoisotopic (exact) mass is 209 g/mol. The second-order valence-electron chi connectivity index (χ2n) is 5.63. The molecule has 0 spiro atoms. The molecule has 0 aromatic rings. The van der Waals surface area contributed by atoms with Gasteiger partial charge < -0.3 is 5.32 Å². The zero-order valence-electron chi connectivity index (χ0n) is 10.1. The summed E-state index contributed by atoms with van der Waals surface area (Å²) in [4.78, 5) is 0. The largest absolute Gasteiger partial charge is 0.317 e. The molecule has 0 amide bonds. The van der Waals surface area contributed by atoms with Crippen LogP contribution in [0.5, 0.6) is 0 Å². The first-order valence-corrected chi connectivity index (χ1v) is 7.16. The molecule has 0 saturated heterocycles. The van der Waals surface area contributed by atoms with E-state index in [9.17, 15) is 0 Å². The Morgan fingerprint density at radius 2 is 1.20 bits per heavy atom. The van der Waals surface area contributed by atoms with Gasteiger partial charge in [0, 0.05) is 0 Å². The van der Waals surface area contributed by atoms with Crippen molar-refractivity contribution in [3.63, 3.8) is 0 Å². The third kappa shape index (κ3) is 4.14. The Morgan fingerprint density at radius 3 is 1.53 bits per heavy atom. The Hall–Kier alpha value is -0.0400. The van der Waals surface area contributed by atoms with Crippen molar-refractivity contribution >= 4 is 0 Å². The van der Waals surface area contributed by atoms with Gasteiger partial charge in [-0.25, -0.2) is 0 Å². The van der Waals surface area contributed by atoms with E-state index in [0.717, 1.165) is 11.8 Å². The van der Waals surface area contributed by atoms with E-state index in [0.29, 0.717) is 0 Å². The van der Waals surface area contributed by atoms with Crippen LogP contribution in [0.2, 0.25) is 0 Å². The molecule has 1 heteroatoms. The van der Waals surface area contributed by atoms with Gasteiger partial charge in [0.15, 0.2) is 0 Å². The standard InChI is InChI=1S/C14H27N/c1-5-13(6-1)9-3-11-15-12-4-10-14-7-2-8-14/h13-15H,1-12H2. The molecule has 2 aliphatic rings. The Balaban J connectivity index is 1.29. The predicted octanol–water partition coefficient (Wildman–Crippen LogP) is 3.74. The second-order valence-corrected chi connectivity index (χ2v) is 5.63. The number of hydrogen-bond donors (Lipinski definition) is 1. The zero-order chi connectivity index (χ0) is 10.3. The van der Waals surface area contributed by atoms with E-state index in [4.69, 9.17) is 0 Å². The quantitative estimate of drug-likeness (QED) is 0.601. The van der Waals surface area contributed by atoms with Crippen LogP contribution < -0.4 is 5.32 Å². The van der Waals surface area contributed by atoms with Crippen molar-refractivity contribution in [2.75, 3.05) is 13.1 Å². The third-order valence-corrected chi connectivity index (χ3v) is 4.38. The van der Waals surface area contributed by atoms with Crippen molar-refractivity contribution in [3.05, 3.63) is 0 Å². The first kappa shape index (κ1) is 11.4. The Bertz CT molecular complexity index is 141. The van der Waals surface area contributed by atoms with Gasteiger partial charge in [0.05, 0.1) is 0 Å². The van der Waals surface area contributed by atoms with E-state index in [1.54, 1.807) is 0 Å². The molecular weight excluding hydrogens is 182 g/mol. The molecule has 0 aromatic carbocycles. The third-order valence-electron chi connectivity index (χ3n) is 4.38. The van der Waals surface area contributed by atoms with Crippen molar-refractivity contribution in [1.82, 2.24) is 5.32 Å². The van der Waals surface area contributed by atoms with E-state index in [1.165, 1.54) is 77.3 Å². The van der Waals surface area contributed by atoms with Crippen molar-refractivity contribution in [2.24, 2.45) is 11.8 Å². The molecule has 0 aromatic heterocycles. The summed E-state index contributed by atoms with van der Waals surface area (Å²) in [6.45, 7) is 2.53. The fourth-order valence-corrected chi connectivity index (χ4v) is 2.72. The molecule has 88 valence electrons. The minimum atomic E-state index is 1.10. The van der Waals surface area contributed by atoms with Crippen molar-refractivity contribution in [1.29, 1.82) is 0 Å². The number of rotatable bonds is 8. The summed E-state index contributed by atoms with van der Waals surface area (Å²) in [5.41, 5.74) is 0. The molecule has 2 fully saturated rings. The molecule has 1 nitrogen and oxygen atoms in total. The second kappa shape index (κ2) is 6.52. The molecule has 0 bridgehead atoms. The summed E-state index contributed by atoms with van der Waals surface area (Å²) in [5.74, 6) is 2.20. The van der Waals surface area contributed by atoms with Crippen LogP contribution in [0.3, 0.4) is 0 Å². The molecular formula is C14H27N. The van der Waals surface area contributed by atoms with Crippen LogP contribution in [0.15, 0.2) is 0 Å². The highest BCUT2D eigenvalue weighted by atomic mass is 14.8. The first-order chi connectivity index (χ1) is 7.45. The van der Waals surface area contributed by atoms with E-state index in [1.807, 2.05) is 0 Å². The topological polar surface area (TPSA) is 12.0 Å². The fraction of sp³-hybridized carbons (Fsp3) is 1.00. The van der Waals surface area contributed by atoms with Crippen LogP contribution in [0.25, 0.3) is 0 Å². The van der Waals surface area contributed by atoms with Crippen LogP contribution in [-0.2, 0) is 0 Å². The molecule has 0 radical (unpaired) electrons. The van der Waals surface area contributed by atoms with Gasteiger partial charge in [-0.3, -0.25) is 0 Å². The molecule has 1 N–H and O–H groups in total. The van der Waals surface area contributed by atoms with Crippen LogP contribution >= 0.6 is 0 Å². The van der Waals surface area contributed by atoms with Crippen molar-refractivity contribution in [3.8, 4) is 0 Å². The number of nitrogens with one attached hydrogen (secondary N) is 1. The molecule has 0 aliphatic heterocycles. The van der Waals surface area contributed by atoms with Crippen molar-refractivity contribution < 1.29 is 0 Å². The molecule has 0 atom stereocenters. The van der Waals surface area contributed by atoms with E-state index < -0.39 is 0 Å². The SMILES string of the molecule is C(CNCCCC1CCC1)CC1CCC1. The van der Waals surface area contributed by atoms with Crippen molar-refractivity contribution in [2.45, 2.75) is 64.2 Å². The normalized spacial score (nSPS) is 22.4. The van der Waals surface area contributed by atoms with Crippen LogP contribution in [0.1, 0.15) is 64.2 Å². The van der Waals surface area contributed by atoms with Gasteiger partial charge in [0.2, 0.25) is 0 Å². The summed E-state index contributed by atoms with van der Waals surface area (Å²) in [5, 5.41) is 3.59. The summed E-state index contributed by atoms with van der Waals surface area (Å²) in [6, 6.07) is 0. The number of hydrogen-bond acceptors (Lipinski definition) is 1. The Kier molecular flexibility index (Phi) is 4.98. The van der Waals surface area contributed by atoms with Gasteiger partial charge in [-0.1, -0.05) is 38.5 Å². The lowest BCUT2D eigenvalue weighted by Gasteiger charge is -2.25. The maximum Gasteiger partial charge on any atom is -0.00488 e. The molecule has 2 aliphatic carbocycles. The highest BCUT2D eigenvalue weighted by molar-refractivity contribution is 4.71. The molecule has 0 heterocycles. The maximum atomic E-state index is 3.59. The average Bonchev–Trinajstić information content (AvgIpc) is 2.09. The highest BCUT2D eigenvalue weighted by Crippen LogP contribution is 2.30. The molecule has 0 unspecified atom stereocenters. The van der Waals surface area contributed by atoms with Crippen LogP contribution in [-0.4, -0.2) is 13.1 Å². The van der Waals surface area contributed by atoms with E-state index >= 15 is 0 Å². The predicted molar refractivity (Wildman–Crippen MR) is 66.0 cm³/mol. The van der Waals surface area contributed by atoms with Crippen LogP contribution in [0.4, 0.5) is 0 Å². The summed E-state index contributed by atoms with van der Waals surface area (Å²) in [7, 11) is 0. The zero-order valence-corrected chi connectivity index (χ0v) is 10.1. The summed E-state index contributed by atoms with van der Waals surface area (Å²) < 4.78 is 0. The molecule has 2 saturated carbocycles. The minimum absolute atomic E-state index is 1.10. The molecule has 15 heavy (non-hydrogen) atoms. The van der Waals surface area contributed by atoms with Gasteiger partial charge in [-0.15, -0.1) is 0 Å². The van der Waals surface area contributed by atoms with Gasteiger partial charge in [-0.2, -0.15) is 0 Å². The first-order valence-electron chi connectivity index (χ1n) is 7.16. The molecule has 2 rings (SSSR count). The summed E-state index contributed by atoms with van der Waals surface area (Å²) in [6.07, 6.45) is 14.8. The minimum Gasteiger partial charge on any atom is -0.317 e. The fourth-order valence-electron chi connectivity index (χ4n) is 2.72. The van der Waals surface area contributed by atoms with E-state index in [-0.39, 0.29) is 0 Å². The highest BCUT2D eigenvalue weighted by Gasteiger charge is 2.17. The van der Waals surface area contributed by atoms with E-state index in [2.05, 4.69) is 5.32 Å². The van der Waals surface area contributed by atoms with Gasteiger partial charge >= 0.3 is 0 Å². The maximum absolute atomic E-state index is 3.59. The smallest absolute Gasteiger partial charge is 0.00488 e. The Labute approximate surface area is 95.0 Å². The van der Waals surface area contributed by atoms with Gasteiger partial charge in [0.1, 0.15) is 0 Å². The lowest BCUT2D eigenvalue weighted by molar-refractivity contribution is 0.282. The summed E-state index contributed by atoms with van der Waals surface area (Å²) >= 11 is 0. The lowest BCUT2D eigenvalue weighted by atomic mass is 9.82. The van der Waals surface area contributed by atoms with Gasteiger partial charge in [-0.05, 0) is 50.6 Å². The average molecular weight is 209 g/mol. The van der Waals surface area contributed by atoms with Gasteiger partial charge in [0.25, 0.3) is 0 Å². The Morgan fingerprint density at radius 1 is 0.733 bits per heavy atom. The lowest BCUT2D eigenvalue weighted by Crippen LogP contribution is -2.20. The van der Waals surface area contributed by atoms with Crippen LogP contribution in [0, 0.1) is 11.8 Å².